The minimum Gasteiger partial charge on any atom is -0.496 e. The number of nitrogens with one attached hydrogen (secondary N) is 1. The maximum atomic E-state index is 15.4. The van der Waals surface area contributed by atoms with Crippen LogP contribution in [0, 0.1) is 17.3 Å². The molecule has 1 saturated carbocycles. The van der Waals surface area contributed by atoms with E-state index >= 15 is 13.6 Å². The number of aromatic nitrogens is 1. The maximum Gasteiger partial charge on any atom is 0.344 e. The van der Waals surface area contributed by atoms with E-state index in [2.05, 4.69) is 14.8 Å². The molecule has 61 heavy (non-hydrogen) atoms. The quantitative estimate of drug-likeness (QED) is 0.131. The summed E-state index contributed by atoms with van der Waals surface area (Å²) >= 11 is 0. The number of aliphatic hydroxyl groups is 1. The van der Waals surface area contributed by atoms with Crippen LogP contribution in [0.3, 0.4) is 0 Å². The largest absolute Gasteiger partial charge is 0.496 e. The molecule has 1 aliphatic carbocycles. The second-order valence-corrected chi connectivity index (χ2v) is 18.6. The van der Waals surface area contributed by atoms with Crippen LogP contribution in [0.1, 0.15) is 68.8 Å². The molecule has 328 valence electrons. The minimum absolute atomic E-state index is 0.122. The van der Waals surface area contributed by atoms with Crippen LogP contribution in [-0.4, -0.2) is 129 Å². The van der Waals surface area contributed by atoms with Crippen molar-refractivity contribution in [2.45, 2.75) is 93.4 Å². The number of nitrogens with two attached hydrogens (primary N) is 1. The number of fused-ring (bicyclic) bond motifs is 6. The van der Waals surface area contributed by atoms with Crippen LogP contribution < -0.4 is 15.4 Å². The van der Waals surface area contributed by atoms with Crippen LogP contribution >= 0.6 is 0 Å². The van der Waals surface area contributed by atoms with Crippen LogP contribution in [0.5, 0.6) is 5.75 Å². The van der Waals surface area contributed by atoms with Crippen LogP contribution in [-0.2, 0) is 45.8 Å². The van der Waals surface area contributed by atoms with Gasteiger partial charge in [-0.1, -0.05) is 19.1 Å². The predicted octanol–water partition coefficient (Wildman–Crippen LogP) is 4.70. The molecule has 3 aromatic rings. The molecule has 9 rings (SSSR count). The van der Waals surface area contributed by atoms with E-state index in [1.54, 1.807) is 6.07 Å². The van der Waals surface area contributed by atoms with Gasteiger partial charge in [-0.15, -0.1) is 0 Å². The molecule has 0 radical (unpaired) electrons. The molecule has 6 heterocycles. The number of likely N-dealkylation sites (N-methyl/N-ethyl adjacent to an activating group) is 1. The van der Waals surface area contributed by atoms with Gasteiger partial charge in [0.15, 0.2) is 6.10 Å². The van der Waals surface area contributed by atoms with E-state index in [-0.39, 0.29) is 31.3 Å². The van der Waals surface area contributed by atoms with Crippen LogP contribution in [0.4, 0.5) is 20.2 Å². The number of rotatable bonds is 7. The highest BCUT2D eigenvalue weighted by Gasteiger charge is 2.80. The topological polar surface area (TPSA) is 160 Å². The van der Waals surface area contributed by atoms with Crippen molar-refractivity contribution >= 4 is 40.2 Å². The Balaban J connectivity index is 1.36. The number of hydrogen-bond donors (Lipinski definition) is 3. The third kappa shape index (κ3) is 5.54. The van der Waals surface area contributed by atoms with Crippen molar-refractivity contribution in [3.8, 4) is 5.75 Å². The van der Waals surface area contributed by atoms with Crippen molar-refractivity contribution in [3.63, 3.8) is 0 Å². The molecule has 2 bridgehead atoms. The molecule has 0 amide bonds. The molecule has 3 fully saturated rings. The van der Waals surface area contributed by atoms with Crippen molar-refractivity contribution in [2.24, 2.45) is 17.3 Å². The second kappa shape index (κ2) is 14.1. The number of alkyl halides is 2. The number of ether oxygens (including phenoxy) is 4. The van der Waals surface area contributed by atoms with E-state index in [0.717, 1.165) is 29.0 Å². The van der Waals surface area contributed by atoms with Crippen LogP contribution in [0.25, 0.3) is 10.9 Å². The molecule has 2 unspecified atom stereocenters. The first-order valence-electron chi connectivity index (χ1n) is 21.4. The summed E-state index contributed by atoms with van der Waals surface area (Å²) in [5, 5.41) is 14.2. The van der Waals surface area contributed by atoms with Gasteiger partial charge in [0, 0.05) is 103 Å². The first kappa shape index (κ1) is 41.6. The summed E-state index contributed by atoms with van der Waals surface area (Å²) in [6.07, 6.45) is 4.38. The zero-order chi connectivity index (χ0) is 43.6. The Labute approximate surface area is 354 Å². The first-order chi connectivity index (χ1) is 29.0. The third-order valence-corrected chi connectivity index (χ3v) is 15.7. The summed E-state index contributed by atoms with van der Waals surface area (Å²) in [7, 11) is 5.91. The lowest BCUT2D eigenvalue weighted by molar-refractivity contribution is -0.228. The number of nitrogen functional groups attached to an aromatic ring is 1. The number of halogens is 2. The number of aromatic amines is 1. The van der Waals surface area contributed by atoms with Gasteiger partial charge in [0.2, 0.25) is 11.5 Å². The number of esters is 3. The van der Waals surface area contributed by atoms with E-state index in [9.17, 15) is 14.7 Å². The molecule has 6 aliphatic rings. The zero-order valence-electron chi connectivity index (χ0n) is 36.0. The molecule has 15 heteroatoms. The predicted molar refractivity (Wildman–Crippen MR) is 224 cm³/mol. The summed E-state index contributed by atoms with van der Waals surface area (Å²) in [5.41, 5.74) is 5.07. The lowest BCUT2D eigenvalue weighted by Crippen LogP contribution is -2.81. The normalized spacial score (nSPS) is 35.2. The van der Waals surface area contributed by atoms with Gasteiger partial charge in [-0.3, -0.25) is 14.5 Å². The number of hydrogen-bond acceptors (Lipinski definition) is 12. The molecule has 2 aromatic carbocycles. The number of methoxy groups -OCH3 is 3. The molecule has 1 aromatic heterocycles. The number of H-pyrrole nitrogens is 1. The van der Waals surface area contributed by atoms with Gasteiger partial charge in [-0.2, -0.15) is 0 Å². The summed E-state index contributed by atoms with van der Waals surface area (Å²) in [4.78, 5) is 52.7. The van der Waals surface area contributed by atoms with E-state index in [4.69, 9.17) is 24.7 Å². The lowest BCUT2D eigenvalue weighted by Gasteiger charge is -2.63. The summed E-state index contributed by atoms with van der Waals surface area (Å²) in [6, 6.07) is 8.07. The van der Waals surface area contributed by atoms with E-state index in [1.807, 2.05) is 55.3 Å². The van der Waals surface area contributed by atoms with Crippen molar-refractivity contribution in [3.05, 3.63) is 64.9 Å². The van der Waals surface area contributed by atoms with Gasteiger partial charge in [0.05, 0.1) is 27.4 Å². The SMILES string of the molecule is CC[C@]12C=CCN3CC[C@@]4(c5cc([C@@]6(C(=O)OC)C[C@H]7CC(C(C)(F)F)CN(CCc8c6[nH]c6ccc(N)cc86)C7)c(OC)cc5N(C)[C@H]4[C@@](O)(C(=O)OC)[C@@H]1OC(C)=O)[C@@H]32. The fourth-order valence-electron chi connectivity index (χ4n) is 13.5. The maximum absolute atomic E-state index is 15.4. The highest BCUT2D eigenvalue weighted by molar-refractivity contribution is 5.95. The van der Waals surface area contributed by atoms with Gasteiger partial charge in [-0.25, -0.2) is 13.6 Å². The zero-order valence-corrected chi connectivity index (χ0v) is 36.0. The monoisotopic (exact) mass is 845 g/mol. The molecule has 1 spiro atoms. The Bertz CT molecular complexity index is 2350. The fourth-order valence-corrected chi connectivity index (χ4v) is 13.5. The van der Waals surface area contributed by atoms with Gasteiger partial charge in [0.1, 0.15) is 11.2 Å². The van der Waals surface area contributed by atoms with Crippen LogP contribution in [0.15, 0.2) is 42.5 Å². The van der Waals surface area contributed by atoms with Crippen molar-refractivity contribution < 1.29 is 47.2 Å². The van der Waals surface area contributed by atoms with Crippen molar-refractivity contribution in [1.29, 1.82) is 0 Å². The standard InChI is InChI=1S/C46H57F2N5O8/c1-8-43-13-9-15-53-17-14-44(37(43)53)31-20-32(35(58-5)21-34(31)51(4)38(44)46(57,41(56)60-7)39(43)61-25(2)54)45(40(55)59-6)22-26-18-27(42(3,47)48)24-52(23-26)16-12-29-30-19-28(49)10-11-33(30)50-36(29)45/h9-11,13,19-21,26-27,37-39,50,57H,8,12,14-18,22-24,49H2,1-7H3/t26-,27?,37+,38-,39-,43-,44-,45+,46+/m1/s1. The molecule has 10 atom stereocenters. The average Bonchev–Trinajstić information content (AvgIpc) is 3.89. The molecular weight excluding hydrogens is 789 g/mol. The Morgan fingerprint density at radius 1 is 1.03 bits per heavy atom. The number of anilines is 2. The summed E-state index contributed by atoms with van der Waals surface area (Å²) < 4.78 is 54.5. The van der Waals surface area contributed by atoms with Gasteiger partial charge >= 0.3 is 17.9 Å². The summed E-state index contributed by atoms with van der Waals surface area (Å²) in [6.45, 7) is 6.66. The van der Waals surface area contributed by atoms with E-state index in [1.165, 1.54) is 28.3 Å². The van der Waals surface area contributed by atoms with Gasteiger partial charge < -0.3 is 44.6 Å². The smallest absolute Gasteiger partial charge is 0.344 e. The van der Waals surface area contributed by atoms with Gasteiger partial charge in [0.25, 0.3) is 0 Å². The second-order valence-electron chi connectivity index (χ2n) is 18.6. The number of piperidine rings is 1. The first-order valence-corrected chi connectivity index (χ1v) is 21.4. The molecule has 2 saturated heterocycles. The number of benzene rings is 2. The molecule has 13 nitrogen and oxygen atoms in total. The number of carbonyl (C=O) groups excluding carboxylic acids is 3. The average molecular weight is 846 g/mol. The van der Waals surface area contributed by atoms with Gasteiger partial charge in [-0.05, 0) is 86.9 Å². The molecule has 4 N–H and O–H groups in total. The number of nitrogens with zero attached hydrogens (tertiary/aromatic N) is 3. The molecule has 5 aliphatic heterocycles. The van der Waals surface area contributed by atoms with E-state index < -0.39 is 63.7 Å². The fraction of sp³-hybridized carbons (Fsp3) is 0.587. The van der Waals surface area contributed by atoms with Crippen LogP contribution in [0.2, 0.25) is 0 Å². The Kier molecular flexibility index (Phi) is 9.65. The third-order valence-electron chi connectivity index (χ3n) is 15.7. The highest BCUT2D eigenvalue weighted by atomic mass is 19.3. The molecular formula is C46H57F2N5O8. The van der Waals surface area contributed by atoms with E-state index in [0.29, 0.717) is 73.8 Å². The lowest BCUT2D eigenvalue weighted by atomic mass is 9.47. The Hall–Kier alpha value is -4.73. The van der Waals surface area contributed by atoms with Crippen molar-refractivity contribution in [2.75, 3.05) is 71.7 Å². The number of carbonyl (C=O) groups is 3. The van der Waals surface area contributed by atoms with Crippen molar-refractivity contribution in [1.82, 2.24) is 14.8 Å². The Morgan fingerprint density at radius 2 is 1.79 bits per heavy atom. The minimum atomic E-state index is -2.95. The Morgan fingerprint density at radius 3 is 2.46 bits per heavy atom. The highest BCUT2D eigenvalue weighted by Crippen LogP contribution is 2.68. The summed E-state index contributed by atoms with van der Waals surface area (Å²) in [5.74, 6) is -6.04.